The van der Waals surface area contributed by atoms with E-state index in [4.69, 9.17) is 19.2 Å². The first-order valence-electron chi connectivity index (χ1n) is 21.4. The molecule has 6 aliphatic rings. The number of hydrogen-bond acceptors (Lipinski definition) is 11. The Hall–Kier alpha value is -3.97. The van der Waals surface area contributed by atoms with Crippen molar-refractivity contribution in [2.75, 3.05) is 19.8 Å². The second-order valence-corrected chi connectivity index (χ2v) is 22.5. The Kier molecular flexibility index (Phi) is 12.9. The number of ether oxygens (including phenoxy) is 3. The molecule has 2 aromatic rings. The van der Waals surface area contributed by atoms with E-state index < -0.39 is 86.0 Å². The standard InChI is InChI=1S/C43H55IN5O10S/c1-2-35-43(44-35,41(53)48-60(55,56)29-20-21-29)47-38(51)33-24-28-25-49(33)40(52)36(27-13-6-7-14-27)46-42(54)59-34-19-10-15-26(34)12-4-3-5-17-31-37(57-23-11-22-50)30-16-8-9-18-32(30)45-39(31)58-28/h2-3,5,8-9,16,18,26-29,33-36,50H,1,4,6-7,10-15,17,19-25H2,(H,46,54)(H,47,51)(H,48,53)/q-1/b5-3+/t26-,28-,33+,34-,35+,36+,43-/m1/s1. The van der Waals surface area contributed by atoms with Crippen molar-refractivity contribution in [1.29, 1.82) is 0 Å². The number of nitrogens with zero attached hydrogens (tertiary/aromatic N) is 2. The predicted molar refractivity (Wildman–Crippen MR) is 217 cm³/mol. The monoisotopic (exact) mass is 960 g/mol. The van der Waals surface area contributed by atoms with Crippen molar-refractivity contribution in [3.05, 3.63) is 54.6 Å². The number of benzene rings is 1. The molecule has 5 fully saturated rings. The molecule has 2 saturated heterocycles. The number of alkyl halides is 2. The first-order chi connectivity index (χ1) is 29.0. The van der Waals surface area contributed by atoms with Crippen molar-refractivity contribution < 1.29 is 68.1 Å². The quantitative estimate of drug-likeness (QED) is 0.0816. The number of halogens is 1. The molecular weight excluding hydrogens is 905 g/mol. The average molecular weight is 961 g/mol. The number of allylic oxidation sites excluding steroid dienone is 2. The summed E-state index contributed by atoms with van der Waals surface area (Å²) < 4.78 is 45.3. The minimum absolute atomic E-state index is 0.0265. The second-order valence-electron chi connectivity index (χ2n) is 16.8. The molecule has 4 amide bonds. The number of para-hydroxylation sites is 1. The van der Waals surface area contributed by atoms with Crippen LogP contribution in [0.2, 0.25) is 0 Å². The number of carbonyl (C=O) groups is 4. The molecule has 3 aliphatic heterocycles. The van der Waals surface area contributed by atoms with Gasteiger partial charge in [-0.25, -0.2) is 0 Å². The van der Waals surface area contributed by atoms with Crippen molar-refractivity contribution in [2.24, 2.45) is 11.8 Å². The number of amides is 4. The van der Waals surface area contributed by atoms with Crippen LogP contribution in [-0.2, 0) is 35.6 Å². The van der Waals surface area contributed by atoms with Gasteiger partial charge in [0.15, 0.2) is 0 Å². The van der Waals surface area contributed by atoms with Gasteiger partial charge in [0.05, 0.1) is 0 Å². The van der Waals surface area contributed by atoms with Crippen molar-refractivity contribution >= 4 is 44.7 Å². The molecule has 3 saturated carbocycles. The molecule has 2 bridgehead atoms. The van der Waals surface area contributed by atoms with Crippen molar-refractivity contribution in [2.45, 2.75) is 127 Å². The number of aliphatic hydroxyl groups excluding tert-OH is 1. The summed E-state index contributed by atoms with van der Waals surface area (Å²) in [6.45, 7) is 4.04. The number of sulfonamides is 1. The number of nitrogens with one attached hydrogen (secondary N) is 3. The van der Waals surface area contributed by atoms with Gasteiger partial charge in [-0.15, -0.1) is 0 Å². The van der Waals surface area contributed by atoms with Crippen LogP contribution in [0.25, 0.3) is 10.9 Å². The number of fused-ring (bicyclic) bond motifs is 5. The van der Waals surface area contributed by atoms with E-state index in [2.05, 4.69) is 28.0 Å². The minimum atomic E-state index is -3.90. The summed E-state index contributed by atoms with van der Waals surface area (Å²) >= 11 is -1.06. The van der Waals surface area contributed by atoms with Gasteiger partial charge in [-0.05, 0) is 25.7 Å². The van der Waals surface area contributed by atoms with Gasteiger partial charge in [-0.2, -0.15) is 0 Å². The molecule has 0 spiro atoms. The first kappa shape index (κ1) is 42.7. The Bertz CT molecular complexity index is 2130. The van der Waals surface area contributed by atoms with Crippen molar-refractivity contribution in [3.8, 4) is 11.6 Å². The number of aromatic nitrogens is 1. The molecule has 1 aromatic carbocycles. The molecule has 326 valence electrons. The van der Waals surface area contributed by atoms with Gasteiger partial charge >= 0.3 is 313 Å². The number of aliphatic hydroxyl groups is 1. The number of alkyl carbamates (subject to hydrolysis) is 1. The topological polar surface area (TPSA) is 203 Å². The molecule has 3 aliphatic carbocycles. The van der Waals surface area contributed by atoms with Crippen molar-refractivity contribution in [3.63, 3.8) is 0 Å². The van der Waals surface area contributed by atoms with E-state index in [0.29, 0.717) is 61.2 Å². The van der Waals surface area contributed by atoms with Crippen LogP contribution in [0, 0.1) is 11.8 Å². The first-order valence-corrected chi connectivity index (χ1v) is 25.3. The van der Waals surface area contributed by atoms with Crippen LogP contribution in [0.4, 0.5) is 4.79 Å². The third kappa shape index (κ3) is 9.13. The van der Waals surface area contributed by atoms with Crippen LogP contribution in [0.5, 0.6) is 11.6 Å². The van der Waals surface area contributed by atoms with Crippen LogP contribution >= 0.6 is 0 Å². The van der Waals surface area contributed by atoms with E-state index >= 15 is 0 Å². The van der Waals surface area contributed by atoms with Gasteiger partial charge in [-0.1, -0.05) is 6.07 Å². The van der Waals surface area contributed by atoms with Gasteiger partial charge in [0, 0.05) is 13.0 Å². The molecule has 8 rings (SSSR count). The number of rotatable bonds is 11. The van der Waals surface area contributed by atoms with Crippen LogP contribution in [0.15, 0.2) is 49.1 Å². The Balaban J connectivity index is 1.16. The fourth-order valence-corrected chi connectivity index (χ4v) is 13.5. The Labute approximate surface area is 361 Å². The molecule has 0 unspecified atom stereocenters. The molecule has 1 aromatic heterocycles. The van der Waals surface area contributed by atoms with Crippen LogP contribution in [0.3, 0.4) is 0 Å². The second kappa shape index (κ2) is 18.2. The maximum absolute atomic E-state index is 15.0. The summed E-state index contributed by atoms with van der Waals surface area (Å²) in [6, 6.07) is 5.47. The molecule has 15 nitrogen and oxygen atoms in total. The zero-order valence-corrected chi connectivity index (χ0v) is 36.7. The number of carbonyl (C=O) groups excluding carboxylic acids is 4. The van der Waals surface area contributed by atoms with Crippen LogP contribution in [-0.4, -0.2) is 104 Å². The molecule has 7 atom stereocenters. The average Bonchev–Trinajstić information content (AvgIpc) is 4.02. The van der Waals surface area contributed by atoms with Gasteiger partial charge in [-0.3, -0.25) is 0 Å². The van der Waals surface area contributed by atoms with Gasteiger partial charge in [0.1, 0.15) is 0 Å². The SMILES string of the molecule is C=C[C@@H]1[I-][C@]1(NC(=O)[C@@H]1C[C@@H]2CN1C(=O)[C@H](C1CCCC1)NC(=O)O[C@@H]1CCC[C@H]1CC/C=C/Cc1c(nc3ccccc3c1OCCCO)O2)C(=O)NS(=O)(=O)C1CC1. The van der Waals surface area contributed by atoms with E-state index in [1.54, 1.807) is 6.08 Å². The summed E-state index contributed by atoms with van der Waals surface area (Å²) in [5.41, 5.74) is 1.32. The summed E-state index contributed by atoms with van der Waals surface area (Å²) in [5.74, 6) is -0.988. The fraction of sp³-hybridized carbons (Fsp3) is 0.605. The Morgan fingerprint density at radius 2 is 1.83 bits per heavy atom. The van der Waals surface area contributed by atoms with Crippen LogP contribution in [0.1, 0.15) is 89.0 Å². The number of hydrogen-bond donors (Lipinski definition) is 4. The molecule has 4 N–H and O–H groups in total. The predicted octanol–water partition coefficient (Wildman–Crippen LogP) is 0.769. The van der Waals surface area contributed by atoms with Gasteiger partial charge in [0.2, 0.25) is 0 Å². The Morgan fingerprint density at radius 1 is 1.05 bits per heavy atom. The van der Waals surface area contributed by atoms with Crippen molar-refractivity contribution in [1.82, 2.24) is 25.2 Å². The molecule has 4 heterocycles. The summed E-state index contributed by atoms with van der Waals surface area (Å²) in [7, 11) is -3.90. The molecule has 0 radical (unpaired) electrons. The van der Waals surface area contributed by atoms with Crippen LogP contribution < -0.4 is 46.0 Å². The van der Waals surface area contributed by atoms with E-state index in [1.807, 2.05) is 30.3 Å². The zero-order chi connectivity index (χ0) is 42.0. The molecule has 60 heavy (non-hydrogen) atoms. The van der Waals surface area contributed by atoms with E-state index in [1.165, 1.54) is 4.90 Å². The summed E-state index contributed by atoms with van der Waals surface area (Å²) in [5, 5.41) is 15.6. The summed E-state index contributed by atoms with van der Waals surface area (Å²) in [6.07, 6.45) is 13.3. The molecular formula is C43H55IN5O10S-. The summed E-state index contributed by atoms with van der Waals surface area (Å²) in [4.78, 5) is 63.4. The van der Waals surface area contributed by atoms with Gasteiger partial charge in [0.25, 0.3) is 0 Å². The maximum atomic E-state index is 15.0. The third-order valence-electron chi connectivity index (χ3n) is 12.7. The van der Waals surface area contributed by atoms with E-state index in [9.17, 15) is 32.7 Å². The third-order valence-corrected chi connectivity index (χ3v) is 18.4. The Morgan fingerprint density at radius 3 is 2.58 bits per heavy atom. The normalized spacial score (nSPS) is 30.6. The fourth-order valence-electron chi connectivity index (χ4n) is 9.30. The van der Waals surface area contributed by atoms with E-state index in [0.717, 1.165) is 50.3 Å². The number of pyridine rings is 1. The molecule has 17 heteroatoms. The van der Waals surface area contributed by atoms with Gasteiger partial charge < -0.3 is 5.11 Å². The zero-order valence-electron chi connectivity index (χ0n) is 33.7. The van der Waals surface area contributed by atoms with E-state index in [-0.39, 0.29) is 44.1 Å².